The first-order valence-corrected chi connectivity index (χ1v) is 13.2. The summed E-state index contributed by atoms with van der Waals surface area (Å²) in [6, 6.07) is 20.3. The Morgan fingerprint density at radius 2 is 1.74 bits per heavy atom. The van der Waals surface area contributed by atoms with E-state index < -0.39 is 10.0 Å². The van der Waals surface area contributed by atoms with Gasteiger partial charge in [0.1, 0.15) is 0 Å². The number of sulfonamides is 1. The number of nitrogens with one attached hydrogen (secondary N) is 2. The summed E-state index contributed by atoms with van der Waals surface area (Å²) < 4.78 is 27.8. The number of piperidine rings is 1. The van der Waals surface area contributed by atoms with Crippen LogP contribution in [0.2, 0.25) is 5.02 Å². The molecule has 0 aliphatic carbocycles. The number of rotatable bonds is 7. The van der Waals surface area contributed by atoms with E-state index in [-0.39, 0.29) is 10.8 Å². The van der Waals surface area contributed by atoms with Gasteiger partial charge in [-0.1, -0.05) is 42.8 Å². The minimum absolute atomic E-state index is 0.0711. The van der Waals surface area contributed by atoms with Crippen molar-refractivity contribution in [2.24, 2.45) is 5.92 Å². The first-order valence-electron chi connectivity index (χ1n) is 11.3. The molecule has 0 spiro atoms. The highest BCUT2D eigenvalue weighted by molar-refractivity contribution is 7.92. The highest BCUT2D eigenvalue weighted by atomic mass is 35.5. The molecule has 2 N–H and O–H groups in total. The molecule has 0 aromatic heterocycles. The number of hydrogen-bond acceptors (Lipinski definition) is 4. The van der Waals surface area contributed by atoms with Gasteiger partial charge in [-0.15, -0.1) is 0 Å². The van der Waals surface area contributed by atoms with E-state index >= 15 is 0 Å². The minimum Gasteiger partial charge on any atom is -0.322 e. The second-order valence-electron chi connectivity index (χ2n) is 8.74. The normalized spacial score (nSPS) is 16.7. The van der Waals surface area contributed by atoms with Crippen molar-refractivity contribution in [3.8, 4) is 0 Å². The highest BCUT2D eigenvalue weighted by Crippen LogP contribution is 2.25. The number of carbonyl (C=O) groups is 1. The lowest BCUT2D eigenvalue weighted by atomic mass is 9.99. The summed E-state index contributed by atoms with van der Waals surface area (Å²) in [5.74, 6) is 0.482. The van der Waals surface area contributed by atoms with Crippen LogP contribution in [0.25, 0.3) is 0 Å². The maximum atomic E-state index is 12.7. The molecule has 0 saturated carbocycles. The van der Waals surface area contributed by atoms with E-state index in [1.165, 1.54) is 30.5 Å². The maximum absolute atomic E-state index is 12.7. The molecule has 1 saturated heterocycles. The molecule has 0 radical (unpaired) electrons. The third-order valence-corrected chi connectivity index (χ3v) is 7.62. The van der Waals surface area contributed by atoms with Crippen LogP contribution >= 0.6 is 11.6 Å². The first-order chi connectivity index (χ1) is 16.3. The van der Waals surface area contributed by atoms with E-state index in [0.717, 1.165) is 25.6 Å². The Morgan fingerprint density at radius 1 is 1.03 bits per heavy atom. The van der Waals surface area contributed by atoms with Crippen molar-refractivity contribution in [3.63, 3.8) is 0 Å². The largest absolute Gasteiger partial charge is 0.322 e. The molecule has 1 atom stereocenters. The number of halogens is 1. The van der Waals surface area contributed by atoms with Gasteiger partial charge in [0.05, 0.1) is 15.6 Å². The number of benzene rings is 3. The summed E-state index contributed by atoms with van der Waals surface area (Å²) in [6.07, 6.45) is 2.53. The second kappa shape index (κ2) is 10.6. The van der Waals surface area contributed by atoms with Gasteiger partial charge in [-0.3, -0.25) is 14.4 Å². The molecule has 34 heavy (non-hydrogen) atoms. The number of amides is 1. The molecule has 3 aromatic carbocycles. The SMILES string of the molecule is CC1CCCN(Cc2ccc(C(=O)Nc3ccc(S(=O)(=O)Nc4ccccc4Cl)cc3)cc2)C1. The van der Waals surface area contributed by atoms with E-state index in [2.05, 4.69) is 21.9 Å². The molecule has 6 nitrogen and oxygen atoms in total. The Kier molecular flexibility index (Phi) is 7.56. The van der Waals surface area contributed by atoms with E-state index in [9.17, 15) is 13.2 Å². The van der Waals surface area contributed by atoms with Crippen molar-refractivity contribution in [3.05, 3.63) is 88.9 Å². The van der Waals surface area contributed by atoms with E-state index in [1.807, 2.05) is 24.3 Å². The van der Waals surface area contributed by atoms with Gasteiger partial charge in [-0.2, -0.15) is 0 Å². The topological polar surface area (TPSA) is 78.5 Å². The number of anilines is 2. The second-order valence-corrected chi connectivity index (χ2v) is 10.8. The molecule has 1 heterocycles. The van der Waals surface area contributed by atoms with Crippen LogP contribution in [0.4, 0.5) is 11.4 Å². The molecule has 1 fully saturated rings. The van der Waals surface area contributed by atoms with Crippen LogP contribution in [-0.4, -0.2) is 32.3 Å². The van der Waals surface area contributed by atoms with Gasteiger partial charge in [0.2, 0.25) is 0 Å². The fourth-order valence-electron chi connectivity index (χ4n) is 4.12. The Bertz CT molecular complexity index is 1250. The summed E-state index contributed by atoms with van der Waals surface area (Å²) in [4.78, 5) is 15.2. The summed E-state index contributed by atoms with van der Waals surface area (Å²) in [5.41, 5.74) is 2.55. The third kappa shape index (κ3) is 6.17. The van der Waals surface area contributed by atoms with Crippen LogP contribution < -0.4 is 10.0 Å². The van der Waals surface area contributed by atoms with E-state index in [0.29, 0.717) is 22.0 Å². The molecule has 4 rings (SSSR count). The van der Waals surface area contributed by atoms with Crippen molar-refractivity contribution < 1.29 is 13.2 Å². The third-order valence-electron chi connectivity index (χ3n) is 5.90. The molecule has 0 bridgehead atoms. The van der Waals surface area contributed by atoms with E-state index in [4.69, 9.17) is 11.6 Å². The molecule has 1 aliphatic heterocycles. The van der Waals surface area contributed by atoms with Crippen LogP contribution in [0.5, 0.6) is 0 Å². The highest BCUT2D eigenvalue weighted by Gasteiger charge is 2.17. The number of likely N-dealkylation sites (tertiary alicyclic amines) is 1. The fourth-order valence-corrected chi connectivity index (χ4v) is 5.44. The van der Waals surface area contributed by atoms with Gasteiger partial charge in [-0.05, 0) is 79.4 Å². The average Bonchev–Trinajstić information content (AvgIpc) is 2.81. The monoisotopic (exact) mass is 497 g/mol. The van der Waals surface area contributed by atoms with Crippen molar-refractivity contribution >= 4 is 38.9 Å². The van der Waals surface area contributed by atoms with E-state index in [1.54, 1.807) is 36.4 Å². The van der Waals surface area contributed by atoms with Gasteiger partial charge >= 0.3 is 0 Å². The molecule has 8 heteroatoms. The minimum atomic E-state index is -3.80. The predicted molar refractivity (Wildman–Crippen MR) is 137 cm³/mol. The molecule has 1 amide bonds. The van der Waals surface area contributed by atoms with Crippen LogP contribution in [0.1, 0.15) is 35.7 Å². The van der Waals surface area contributed by atoms with Crippen LogP contribution in [0.15, 0.2) is 77.7 Å². The lowest BCUT2D eigenvalue weighted by molar-refractivity contribution is 0.102. The molecule has 1 aliphatic rings. The quantitative estimate of drug-likeness (QED) is 0.443. The molecule has 1 unspecified atom stereocenters. The predicted octanol–water partition coefficient (Wildman–Crippen LogP) is 5.63. The summed E-state index contributed by atoms with van der Waals surface area (Å²) in [6.45, 7) is 5.41. The fraction of sp³-hybridized carbons (Fsp3) is 0.269. The summed E-state index contributed by atoms with van der Waals surface area (Å²) >= 11 is 6.05. The van der Waals surface area contributed by atoms with Crippen LogP contribution in [-0.2, 0) is 16.6 Å². The first kappa shape index (κ1) is 24.3. The maximum Gasteiger partial charge on any atom is 0.261 e. The Labute approximate surface area is 206 Å². The zero-order valence-electron chi connectivity index (χ0n) is 19.0. The summed E-state index contributed by atoms with van der Waals surface area (Å²) in [5, 5.41) is 3.13. The van der Waals surface area contributed by atoms with Gasteiger partial charge in [0, 0.05) is 24.3 Å². The van der Waals surface area contributed by atoms with Crippen molar-refractivity contribution in [2.45, 2.75) is 31.2 Å². The average molecular weight is 498 g/mol. The zero-order valence-corrected chi connectivity index (χ0v) is 20.6. The van der Waals surface area contributed by atoms with Gasteiger partial charge in [0.15, 0.2) is 0 Å². The lowest BCUT2D eigenvalue weighted by Crippen LogP contribution is -2.33. The van der Waals surface area contributed by atoms with Gasteiger partial charge in [0.25, 0.3) is 15.9 Å². The number of para-hydroxylation sites is 1. The van der Waals surface area contributed by atoms with Crippen molar-refractivity contribution in [1.82, 2.24) is 4.90 Å². The number of hydrogen-bond donors (Lipinski definition) is 2. The lowest BCUT2D eigenvalue weighted by Gasteiger charge is -2.30. The molecule has 178 valence electrons. The number of carbonyl (C=O) groups excluding carboxylic acids is 1. The van der Waals surface area contributed by atoms with Gasteiger partial charge in [-0.25, -0.2) is 8.42 Å². The van der Waals surface area contributed by atoms with Crippen molar-refractivity contribution in [1.29, 1.82) is 0 Å². The standard InChI is InChI=1S/C26H28ClN3O3S/c1-19-5-4-16-30(17-19)18-20-8-10-21(11-9-20)26(31)28-22-12-14-23(15-13-22)34(32,33)29-25-7-3-2-6-24(25)27/h2-3,6-15,19,29H,4-5,16-18H2,1H3,(H,28,31). The smallest absolute Gasteiger partial charge is 0.261 e. The Balaban J connectivity index is 1.36. The Morgan fingerprint density at radius 3 is 2.41 bits per heavy atom. The van der Waals surface area contributed by atoms with Crippen LogP contribution in [0.3, 0.4) is 0 Å². The molecular formula is C26H28ClN3O3S. The van der Waals surface area contributed by atoms with Crippen molar-refractivity contribution in [2.75, 3.05) is 23.1 Å². The summed E-state index contributed by atoms with van der Waals surface area (Å²) in [7, 11) is -3.80. The van der Waals surface area contributed by atoms with Gasteiger partial charge < -0.3 is 5.32 Å². The molecular weight excluding hydrogens is 470 g/mol. The molecule has 3 aromatic rings. The zero-order chi connectivity index (χ0) is 24.1. The van der Waals surface area contributed by atoms with Crippen LogP contribution in [0, 0.1) is 5.92 Å². The Hall–Kier alpha value is -2.87. The number of nitrogens with zero attached hydrogens (tertiary/aromatic N) is 1.